The summed E-state index contributed by atoms with van der Waals surface area (Å²) in [5.41, 5.74) is 21.7. The predicted molar refractivity (Wildman–Crippen MR) is 125 cm³/mol. The lowest BCUT2D eigenvalue weighted by atomic mass is 10.1. The van der Waals surface area contributed by atoms with E-state index in [1.54, 1.807) is 11.8 Å². The highest BCUT2D eigenvalue weighted by molar-refractivity contribution is 5.85. The molecule has 13 heteroatoms. The summed E-state index contributed by atoms with van der Waals surface area (Å²) in [5, 5.41) is 22.4. The van der Waals surface area contributed by atoms with Crippen molar-refractivity contribution in [3.8, 4) is 0 Å². The van der Waals surface area contributed by atoms with Crippen LogP contribution in [0.4, 0.5) is 17.3 Å². The molecule has 2 aliphatic heterocycles. The van der Waals surface area contributed by atoms with Gasteiger partial charge in [-0.1, -0.05) is 12.8 Å². The largest absolute Gasteiger partial charge is 0.388 e. The van der Waals surface area contributed by atoms with Crippen LogP contribution in [0.15, 0.2) is 6.33 Å². The SMILES string of the molecule is C[C@H]1O[C@@H](N2CN(NC(CCN)CCCCCN)c3c(N)ncnc32)C(O)C1O.Cl.Cl. The van der Waals surface area contributed by atoms with Crippen molar-refractivity contribution < 1.29 is 14.9 Å². The highest BCUT2D eigenvalue weighted by Crippen LogP contribution is 2.40. The van der Waals surface area contributed by atoms with Crippen molar-refractivity contribution in [2.75, 3.05) is 35.4 Å². The molecule has 9 N–H and O–H groups in total. The van der Waals surface area contributed by atoms with Crippen molar-refractivity contribution in [2.45, 2.75) is 69.6 Å². The van der Waals surface area contributed by atoms with Gasteiger partial charge in [-0.05, 0) is 39.3 Å². The third-order valence-electron chi connectivity index (χ3n) is 5.56. The van der Waals surface area contributed by atoms with Crippen LogP contribution in [0.25, 0.3) is 0 Å². The van der Waals surface area contributed by atoms with Crippen LogP contribution in [0.3, 0.4) is 0 Å². The molecule has 3 heterocycles. The van der Waals surface area contributed by atoms with Gasteiger partial charge < -0.3 is 37.1 Å². The number of hydrazine groups is 1. The van der Waals surface area contributed by atoms with E-state index < -0.39 is 24.5 Å². The number of aliphatic hydroxyl groups excluding tert-OH is 2. The zero-order chi connectivity index (χ0) is 21.0. The molecule has 3 rings (SSSR count). The number of anilines is 3. The number of nitrogens with two attached hydrogens (primary N) is 3. The molecule has 1 aromatic rings. The average Bonchev–Trinajstić information content (AvgIpc) is 3.18. The Kier molecular flexibility index (Phi) is 11.5. The lowest BCUT2D eigenvalue weighted by Crippen LogP contribution is -2.51. The van der Waals surface area contributed by atoms with Crippen LogP contribution in [0.2, 0.25) is 0 Å². The van der Waals surface area contributed by atoms with Crippen LogP contribution >= 0.6 is 24.8 Å². The molecule has 0 spiro atoms. The Hall–Kier alpha value is -1.18. The van der Waals surface area contributed by atoms with Crippen molar-refractivity contribution in [2.24, 2.45) is 11.5 Å². The van der Waals surface area contributed by atoms with Crippen LogP contribution < -0.4 is 32.5 Å². The number of fused-ring (bicyclic) bond motifs is 1. The fourth-order valence-corrected chi connectivity index (χ4v) is 3.94. The number of rotatable bonds is 10. The quantitative estimate of drug-likeness (QED) is 0.241. The summed E-state index contributed by atoms with van der Waals surface area (Å²) >= 11 is 0. The Labute approximate surface area is 195 Å². The summed E-state index contributed by atoms with van der Waals surface area (Å²) in [6.07, 6.45) is 3.06. The molecule has 5 atom stereocenters. The summed E-state index contributed by atoms with van der Waals surface area (Å²) < 4.78 is 5.80. The van der Waals surface area contributed by atoms with Gasteiger partial charge in [0.25, 0.3) is 0 Å². The van der Waals surface area contributed by atoms with E-state index in [0.717, 1.165) is 32.1 Å². The van der Waals surface area contributed by atoms with Crippen molar-refractivity contribution in [1.29, 1.82) is 0 Å². The third-order valence-corrected chi connectivity index (χ3v) is 5.56. The van der Waals surface area contributed by atoms with E-state index in [9.17, 15) is 10.2 Å². The minimum Gasteiger partial charge on any atom is -0.388 e. The van der Waals surface area contributed by atoms with Gasteiger partial charge in [0.2, 0.25) is 0 Å². The van der Waals surface area contributed by atoms with E-state index >= 15 is 0 Å². The monoisotopic (exact) mass is 482 g/mol. The molecule has 11 nitrogen and oxygen atoms in total. The maximum Gasteiger partial charge on any atom is 0.162 e. The predicted octanol–water partition coefficient (Wildman–Crippen LogP) is -0.306. The Morgan fingerprint density at radius 3 is 2.48 bits per heavy atom. The number of nitrogens with one attached hydrogen (secondary N) is 1. The highest BCUT2D eigenvalue weighted by Gasteiger charge is 2.47. The number of hydrogen-bond donors (Lipinski definition) is 6. The van der Waals surface area contributed by atoms with Gasteiger partial charge in [-0.3, -0.25) is 5.01 Å². The summed E-state index contributed by atoms with van der Waals surface area (Å²) in [5.74, 6) is 0.894. The smallest absolute Gasteiger partial charge is 0.162 e. The first kappa shape index (κ1) is 27.9. The van der Waals surface area contributed by atoms with Crippen molar-refractivity contribution in [3.05, 3.63) is 6.33 Å². The van der Waals surface area contributed by atoms with Gasteiger partial charge in [0.05, 0.1) is 6.10 Å². The van der Waals surface area contributed by atoms with Crippen molar-refractivity contribution in [3.63, 3.8) is 0 Å². The van der Waals surface area contributed by atoms with Crippen molar-refractivity contribution >= 4 is 42.1 Å². The van der Waals surface area contributed by atoms with E-state index in [-0.39, 0.29) is 30.9 Å². The lowest BCUT2D eigenvalue weighted by molar-refractivity contribution is 0.0149. The standard InChI is InChI=1S/C18H34N8O3.2ClH/c1-11-14(27)15(28)18(29-11)25-10-26(13-16(21)22-9-23-17(13)25)24-12(6-8-20)5-3-2-4-7-19;;/h9,11-12,14-15,18,24,27-28H,2-8,10,19-20H2,1H3,(H2,21,22,23);2*1H/t11-,12?,14?,15?,18-;;/m1../s1. The highest BCUT2D eigenvalue weighted by atomic mass is 35.5. The zero-order valence-electron chi connectivity index (χ0n) is 17.8. The molecule has 0 amide bonds. The molecule has 1 aromatic heterocycles. The Balaban J connectivity index is 0.00000240. The van der Waals surface area contributed by atoms with E-state index in [1.807, 2.05) is 5.01 Å². The Morgan fingerprint density at radius 1 is 1.13 bits per heavy atom. The van der Waals surface area contributed by atoms with Gasteiger partial charge in [0.15, 0.2) is 17.9 Å². The normalized spacial score (nSPS) is 25.7. The first-order chi connectivity index (χ1) is 14.0. The molecule has 0 radical (unpaired) electrons. The molecule has 0 aromatic carbocycles. The number of nitrogens with zero attached hydrogens (tertiary/aromatic N) is 4. The van der Waals surface area contributed by atoms with E-state index in [4.69, 9.17) is 21.9 Å². The summed E-state index contributed by atoms with van der Waals surface area (Å²) in [4.78, 5) is 10.3. The van der Waals surface area contributed by atoms with Gasteiger partial charge >= 0.3 is 0 Å². The molecular formula is C18H36Cl2N8O3. The number of aromatic nitrogens is 2. The van der Waals surface area contributed by atoms with Crippen LogP contribution in [-0.4, -0.2) is 70.5 Å². The second-order valence-corrected chi connectivity index (χ2v) is 7.72. The lowest BCUT2D eigenvalue weighted by Gasteiger charge is -2.30. The maximum absolute atomic E-state index is 10.4. The molecular weight excluding hydrogens is 447 g/mol. The maximum atomic E-state index is 10.4. The van der Waals surface area contributed by atoms with Gasteiger partial charge in [-0.25, -0.2) is 15.4 Å². The van der Waals surface area contributed by atoms with Gasteiger partial charge in [-0.2, -0.15) is 0 Å². The molecule has 31 heavy (non-hydrogen) atoms. The molecule has 0 bridgehead atoms. The van der Waals surface area contributed by atoms with Crippen LogP contribution in [-0.2, 0) is 4.74 Å². The number of ether oxygens (including phenoxy) is 1. The zero-order valence-corrected chi connectivity index (χ0v) is 19.4. The van der Waals surface area contributed by atoms with Crippen LogP contribution in [0, 0.1) is 0 Å². The fourth-order valence-electron chi connectivity index (χ4n) is 3.94. The van der Waals surface area contributed by atoms with Crippen LogP contribution in [0.1, 0.15) is 39.0 Å². The number of unbranched alkanes of at least 4 members (excludes halogenated alkanes) is 2. The Morgan fingerprint density at radius 2 is 1.87 bits per heavy atom. The van der Waals surface area contributed by atoms with E-state index in [2.05, 4.69) is 15.4 Å². The first-order valence-electron chi connectivity index (χ1n) is 10.3. The Bertz CT molecular complexity index is 677. The van der Waals surface area contributed by atoms with Gasteiger partial charge in [0.1, 0.15) is 30.9 Å². The molecule has 3 unspecified atom stereocenters. The van der Waals surface area contributed by atoms with E-state index in [1.165, 1.54) is 6.33 Å². The van der Waals surface area contributed by atoms with Crippen molar-refractivity contribution in [1.82, 2.24) is 15.4 Å². The minimum atomic E-state index is -1.05. The first-order valence-corrected chi connectivity index (χ1v) is 10.3. The van der Waals surface area contributed by atoms with Crippen LogP contribution in [0.5, 0.6) is 0 Å². The summed E-state index contributed by atoms with van der Waals surface area (Å²) in [6, 6.07) is 0.157. The second-order valence-electron chi connectivity index (χ2n) is 7.72. The summed E-state index contributed by atoms with van der Waals surface area (Å²) in [6.45, 7) is 3.34. The van der Waals surface area contributed by atoms with Gasteiger partial charge in [0, 0.05) is 6.04 Å². The molecule has 1 saturated heterocycles. The van der Waals surface area contributed by atoms with Gasteiger partial charge in [-0.15, -0.1) is 24.8 Å². The molecule has 1 fully saturated rings. The third kappa shape index (κ3) is 6.20. The second kappa shape index (κ2) is 12.8. The molecule has 2 aliphatic rings. The topological polar surface area (TPSA) is 172 Å². The minimum absolute atomic E-state index is 0. The number of aliphatic hydroxyl groups is 2. The number of halogens is 2. The fraction of sp³-hybridized carbons (Fsp3) is 0.778. The number of hydrogen-bond acceptors (Lipinski definition) is 11. The summed E-state index contributed by atoms with van der Waals surface area (Å²) in [7, 11) is 0. The van der Waals surface area contributed by atoms with E-state index in [0.29, 0.717) is 37.1 Å². The average molecular weight is 483 g/mol. The molecule has 180 valence electrons. The molecule has 0 aliphatic carbocycles. The number of nitrogen functional groups attached to an aromatic ring is 1. The molecule has 0 saturated carbocycles.